The monoisotopic (exact) mass is 991 g/mol. The lowest BCUT2D eigenvalue weighted by atomic mass is 9.87. The van der Waals surface area contributed by atoms with Crippen LogP contribution in [0.3, 0.4) is 0 Å². The number of aromatic amines is 1. The maximum atomic E-state index is 14.1. The molecule has 2 N–H and O–H groups in total. The highest BCUT2D eigenvalue weighted by Gasteiger charge is 2.46. The third-order valence-electron chi connectivity index (χ3n) is 13.3. The number of anilines is 2. The Kier molecular flexibility index (Phi) is 14.2. The minimum atomic E-state index is -1.42. The second-order valence-electron chi connectivity index (χ2n) is 19.9. The van der Waals surface area contributed by atoms with Gasteiger partial charge in [-0.3, -0.25) is 19.8 Å². The fraction of sp³-hybridized carbons (Fsp3) is 0.400. The van der Waals surface area contributed by atoms with Crippen molar-refractivity contribution in [1.29, 1.82) is 0 Å². The van der Waals surface area contributed by atoms with Gasteiger partial charge in [0.15, 0.2) is 5.60 Å². The van der Waals surface area contributed by atoms with Crippen LogP contribution in [0.5, 0.6) is 5.75 Å². The van der Waals surface area contributed by atoms with Crippen molar-refractivity contribution in [3.8, 4) is 28.7 Å². The number of piperidine rings is 1. The van der Waals surface area contributed by atoms with Crippen LogP contribution in [0.1, 0.15) is 69.7 Å². The predicted molar refractivity (Wildman–Crippen MR) is 277 cm³/mol. The summed E-state index contributed by atoms with van der Waals surface area (Å²) >= 11 is 0. The first-order valence-electron chi connectivity index (χ1n) is 24.6. The van der Waals surface area contributed by atoms with Crippen molar-refractivity contribution in [2.24, 2.45) is 13.0 Å². The summed E-state index contributed by atoms with van der Waals surface area (Å²) < 4.78 is 26.1. The molecule has 3 aromatic heterocycles. The first-order chi connectivity index (χ1) is 35.0. The number of rotatable bonds is 13. The number of aromatic nitrogens is 4. The Balaban J connectivity index is 1.06. The van der Waals surface area contributed by atoms with E-state index in [1.807, 2.05) is 72.9 Å². The number of ether oxygens (including phenoxy) is 4. The number of carbonyl (C=O) groups is 4. The number of benzene rings is 3. The number of H-pyrrole nitrogens is 1. The molecule has 0 bridgehead atoms. The van der Waals surface area contributed by atoms with Crippen molar-refractivity contribution in [1.82, 2.24) is 34.6 Å². The summed E-state index contributed by atoms with van der Waals surface area (Å²) in [6.07, 6.45) is 5.58. The Hall–Kier alpha value is -7.91. The first kappa shape index (κ1) is 50.0. The predicted octanol–water partition coefficient (Wildman–Crippen LogP) is 7.56. The number of likely N-dealkylation sites (N-methyl/N-ethyl adjacent to an activating group) is 2. The molecular weight excluding hydrogens is 931 g/mol. The highest BCUT2D eigenvalue weighted by Crippen LogP contribution is 2.44. The second-order valence-corrected chi connectivity index (χ2v) is 19.9. The van der Waals surface area contributed by atoms with Crippen molar-refractivity contribution >= 4 is 57.6 Å². The summed E-state index contributed by atoms with van der Waals surface area (Å²) in [4.78, 5) is 84.9. The van der Waals surface area contributed by atoms with E-state index >= 15 is 0 Å². The third-order valence-corrected chi connectivity index (χ3v) is 13.3. The number of nitrogens with one attached hydrogen (secondary N) is 2. The Morgan fingerprint density at radius 1 is 0.863 bits per heavy atom. The number of pyridine rings is 1. The Morgan fingerprint density at radius 2 is 1.60 bits per heavy atom. The summed E-state index contributed by atoms with van der Waals surface area (Å²) in [5.41, 5.74) is 3.07. The van der Waals surface area contributed by atoms with E-state index in [9.17, 15) is 24.0 Å². The maximum absolute atomic E-state index is 14.1. The van der Waals surface area contributed by atoms with Crippen molar-refractivity contribution in [3.63, 3.8) is 0 Å². The Bertz CT molecular complexity index is 3200. The molecule has 1 unspecified atom stereocenters. The van der Waals surface area contributed by atoms with E-state index < -0.39 is 29.4 Å². The molecule has 1 atom stereocenters. The summed E-state index contributed by atoms with van der Waals surface area (Å²) in [7, 11) is 6.51. The van der Waals surface area contributed by atoms with Gasteiger partial charge in [0.05, 0.1) is 30.1 Å². The molecule has 5 heterocycles. The Morgan fingerprint density at radius 3 is 2.30 bits per heavy atom. The highest BCUT2D eigenvalue weighted by molar-refractivity contribution is 6.06. The van der Waals surface area contributed by atoms with Crippen LogP contribution in [0.4, 0.5) is 26.0 Å². The van der Waals surface area contributed by atoms with Gasteiger partial charge >= 0.3 is 18.2 Å². The fourth-order valence-corrected chi connectivity index (χ4v) is 9.13. The molecule has 18 nitrogen and oxygen atoms in total. The smallest absolute Gasteiger partial charge is 0.410 e. The van der Waals surface area contributed by atoms with Crippen molar-refractivity contribution in [3.05, 3.63) is 112 Å². The van der Waals surface area contributed by atoms with Crippen LogP contribution in [-0.2, 0) is 31.7 Å². The van der Waals surface area contributed by atoms with Gasteiger partial charge in [-0.2, -0.15) is 0 Å². The molecule has 9 rings (SSSR count). The standard InChI is InChI=1S/C55H61N9O9/c1-54(2,3)73-53(69)61(5)30-29-60(4)52(68)71-34-55(72-39-17-18-39,38-11-9-8-10-12-38)48-41-32-37(42-33-62(6)49(66)47-40(42)21-25-56-47)16-19-43(41)57-50(59-48)63-26-22-35(23-27-63)13-14-36-15-20-45(70-7)44(31-36)64-28-24-46(65)58-51(64)67/h8-12,15-16,19-21,25,31-33,35,39,56H,17-18,22-24,26-30,34H2,1-7H3,(H,58,65,67). The zero-order valence-electron chi connectivity index (χ0n) is 42.3. The molecule has 6 aromatic rings. The summed E-state index contributed by atoms with van der Waals surface area (Å²) in [6, 6.07) is 22.5. The molecule has 73 heavy (non-hydrogen) atoms. The number of urea groups is 1. The lowest BCUT2D eigenvalue weighted by molar-refractivity contribution is -0.120. The maximum Gasteiger partial charge on any atom is 0.410 e. The second kappa shape index (κ2) is 20.7. The van der Waals surface area contributed by atoms with Crippen molar-refractivity contribution in [2.45, 2.75) is 70.2 Å². The average Bonchev–Trinajstić information content (AvgIpc) is 4.06. The summed E-state index contributed by atoms with van der Waals surface area (Å²) in [5, 5.41) is 3.82. The quantitative estimate of drug-likeness (QED) is 0.108. The number of carbonyl (C=O) groups excluding carboxylic acids is 4. The highest BCUT2D eigenvalue weighted by atomic mass is 16.6. The minimum absolute atomic E-state index is 0.0502. The van der Waals surface area contributed by atoms with Crippen LogP contribution < -0.4 is 25.4 Å². The third kappa shape index (κ3) is 11.0. The molecule has 5 amide bonds. The van der Waals surface area contributed by atoms with Crippen LogP contribution in [0.2, 0.25) is 0 Å². The van der Waals surface area contributed by atoms with Gasteiger partial charge in [0.1, 0.15) is 23.5 Å². The molecular formula is C55H61N9O9. The van der Waals surface area contributed by atoms with Crippen LogP contribution in [0, 0.1) is 17.8 Å². The van der Waals surface area contributed by atoms with E-state index in [1.165, 1.54) is 21.8 Å². The van der Waals surface area contributed by atoms with Gasteiger partial charge in [-0.05, 0) is 94.0 Å². The molecule has 1 saturated carbocycles. The van der Waals surface area contributed by atoms with Gasteiger partial charge in [-0.25, -0.2) is 24.4 Å². The number of hydrogen-bond donors (Lipinski definition) is 2. The largest absolute Gasteiger partial charge is 0.495 e. The molecule has 3 fully saturated rings. The van der Waals surface area contributed by atoms with E-state index in [4.69, 9.17) is 28.9 Å². The number of fused-ring (bicyclic) bond motifs is 2. The Labute approximate surface area is 423 Å². The molecule has 0 spiro atoms. The number of aryl methyl sites for hydroxylation is 1. The molecule has 1 aliphatic carbocycles. The van der Waals surface area contributed by atoms with Gasteiger partial charge < -0.3 is 43.2 Å². The van der Waals surface area contributed by atoms with Crippen LogP contribution in [0.25, 0.3) is 32.9 Å². The molecule has 2 saturated heterocycles. The number of methoxy groups -OCH3 is 1. The molecule has 380 valence electrons. The van der Waals surface area contributed by atoms with E-state index in [-0.39, 0.29) is 56.2 Å². The zero-order chi connectivity index (χ0) is 51.6. The van der Waals surface area contributed by atoms with Gasteiger partial charge in [-0.1, -0.05) is 48.2 Å². The van der Waals surface area contributed by atoms with Gasteiger partial charge in [0.2, 0.25) is 11.9 Å². The zero-order valence-corrected chi connectivity index (χ0v) is 42.3. The molecule has 18 heteroatoms. The van der Waals surface area contributed by atoms with Gasteiger partial charge in [0.25, 0.3) is 5.56 Å². The van der Waals surface area contributed by atoms with Gasteiger partial charge in [-0.15, -0.1) is 0 Å². The number of amides is 5. The SMILES string of the molecule is COc1ccc(C#CC2CCN(c3nc(C(COC(=O)N(C)CCN(C)C(=O)OC(C)(C)C)(OC4CC4)c4ccccc4)c4cc(-c5cn(C)c(=O)c6[nH]ccc56)ccc4n3)CC2)cc1N1CCC(=O)NC1=O. The molecule has 2 aliphatic heterocycles. The van der Waals surface area contributed by atoms with E-state index in [0.29, 0.717) is 58.2 Å². The van der Waals surface area contributed by atoms with E-state index in [2.05, 4.69) is 27.0 Å². The van der Waals surface area contributed by atoms with Gasteiger partial charge in [0, 0.05) is 100 Å². The lowest BCUT2D eigenvalue weighted by Crippen LogP contribution is -2.49. The normalized spacial score (nSPS) is 16.1. The van der Waals surface area contributed by atoms with Crippen LogP contribution in [0.15, 0.2) is 90.0 Å². The minimum Gasteiger partial charge on any atom is -0.495 e. The van der Waals surface area contributed by atoms with E-state index in [0.717, 1.165) is 47.8 Å². The number of nitrogens with zero attached hydrogens (tertiary/aromatic N) is 7. The lowest BCUT2D eigenvalue weighted by Gasteiger charge is -2.36. The topological polar surface area (TPSA) is 194 Å². The summed E-state index contributed by atoms with van der Waals surface area (Å²) in [5.74, 6) is 7.52. The van der Waals surface area contributed by atoms with E-state index in [1.54, 1.807) is 58.7 Å². The van der Waals surface area contributed by atoms with Crippen LogP contribution in [-0.4, -0.2) is 126 Å². The average molecular weight is 992 g/mol. The molecule has 3 aromatic carbocycles. The molecule has 3 aliphatic rings. The van der Waals surface area contributed by atoms with Crippen LogP contribution >= 0.6 is 0 Å². The number of imide groups is 1. The van der Waals surface area contributed by atoms with Crippen molar-refractivity contribution < 1.29 is 38.1 Å². The first-order valence-corrected chi connectivity index (χ1v) is 24.6. The fourth-order valence-electron chi connectivity index (χ4n) is 9.13. The molecule has 0 radical (unpaired) electrons. The summed E-state index contributed by atoms with van der Waals surface area (Å²) in [6.45, 7) is 6.98. The van der Waals surface area contributed by atoms with Crippen molar-refractivity contribution in [2.75, 3.05) is 70.3 Å². The number of hydrogen-bond acceptors (Lipinski definition) is 12.